The largest absolute Gasteiger partial charge is 0.508 e. The van der Waals surface area contributed by atoms with Gasteiger partial charge in [0.2, 0.25) is 0 Å². The van der Waals surface area contributed by atoms with E-state index < -0.39 is 0 Å². The zero-order valence-corrected chi connectivity index (χ0v) is 10.6. The van der Waals surface area contributed by atoms with Crippen LogP contribution in [0.15, 0.2) is 66.7 Å². The summed E-state index contributed by atoms with van der Waals surface area (Å²) in [6.45, 7) is 0. The van der Waals surface area contributed by atoms with Crippen LogP contribution in [0, 0.1) is 6.42 Å². The smallest absolute Gasteiger partial charge is 0.115 e. The van der Waals surface area contributed by atoms with Gasteiger partial charge in [0.1, 0.15) is 5.75 Å². The molecule has 0 saturated carbocycles. The molecule has 0 aliphatic carbocycles. The Morgan fingerprint density at radius 3 is 2.37 bits per heavy atom. The van der Waals surface area contributed by atoms with Crippen molar-refractivity contribution in [3.05, 3.63) is 84.3 Å². The zero-order valence-electron chi connectivity index (χ0n) is 10.6. The number of benzene rings is 3. The van der Waals surface area contributed by atoms with Gasteiger partial charge in [-0.15, -0.1) is 0 Å². The third kappa shape index (κ3) is 2.60. The molecule has 1 radical (unpaired) electrons. The highest BCUT2D eigenvalue weighted by atomic mass is 16.3. The van der Waals surface area contributed by atoms with Gasteiger partial charge < -0.3 is 5.11 Å². The number of phenolic OH excluding ortho intramolecular Hbond substituents is 1. The molecule has 0 atom stereocenters. The molecule has 19 heavy (non-hydrogen) atoms. The predicted molar refractivity (Wildman–Crippen MR) is 79.2 cm³/mol. The molecule has 0 aliphatic rings. The molecule has 93 valence electrons. The number of aromatic hydroxyl groups is 1. The van der Waals surface area contributed by atoms with E-state index in [0.29, 0.717) is 5.75 Å². The average Bonchev–Trinajstić information content (AvgIpc) is 2.47. The van der Waals surface area contributed by atoms with Gasteiger partial charge in [-0.25, -0.2) is 0 Å². The van der Waals surface area contributed by atoms with E-state index in [1.165, 1.54) is 21.9 Å². The Morgan fingerprint density at radius 2 is 1.53 bits per heavy atom. The minimum atomic E-state index is 0.314. The van der Waals surface area contributed by atoms with Crippen molar-refractivity contribution < 1.29 is 5.11 Å². The van der Waals surface area contributed by atoms with Crippen LogP contribution in [0.4, 0.5) is 0 Å². The van der Waals surface area contributed by atoms with Gasteiger partial charge in [-0.3, -0.25) is 0 Å². The Hall–Kier alpha value is -2.28. The molecule has 0 saturated heterocycles. The van der Waals surface area contributed by atoms with Gasteiger partial charge in [-0.1, -0.05) is 54.6 Å². The molecule has 0 unspecified atom stereocenters. The van der Waals surface area contributed by atoms with E-state index >= 15 is 0 Å². The second-order valence-electron chi connectivity index (χ2n) is 4.64. The standard InChI is InChI=1S/C18H15O/c19-17-12-9-14(10-13-17)8-11-16-6-3-5-15-4-1-2-7-18(15)16/h1-7,9-13,19H,8H2. The average molecular weight is 247 g/mol. The monoisotopic (exact) mass is 247 g/mol. The van der Waals surface area contributed by atoms with E-state index in [0.717, 1.165) is 6.42 Å². The molecule has 0 spiro atoms. The van der Waals surface area contributed by atoms with Crippen LogP contribution < -0.4 is 0 Å². The molecule has 0 heterocycles. The topological polar surface area (TPSA) is 20.2 Å². The maximum absolute atomic E-state index is 9.27. The summed E-state index contributed by atoms with van der Waals surface area (Å²) in [6, 6.07) is 22.1. The van der Waals surface area contributed by atoms with Gasteiger partial charge in [-0.05, 0) is 46.9 Å². The molecule has 1 nitrogen and oxygen atoms in total. The van der Waals surface area contributed by atoms with E-state index in [-0.39, 0.29) is 0 Å². The molecule has 0 aromatic heterocycles. The van der Waals surface area contributed by atoms with Crippen molar-refractivity contribution in [3.8, 4) is 5.75 Å². The number of phenols is 1. The Balaban J connectivity index is 1.84. The van der Waals surface area contributed by atoms with Gasteiger partial charge in [0, 0.05) is 0 Å². The Labute approximate surface area is 113 Å². The van der Waals surface area contributed by atoms with Crippen LogP contribution in [0.3, 0.4) is 0 Å². The number of fused-ring (bicyclic) bond motifs is 1. The second-order valence-corrected chi connectivity index (χ2v) is 4.64. The molecule has 0 amide bonds. The quantitative estimate of drug-likeness (QED) is 0.730. The lowest BCUT2D eigenvalue weighted by Crippen LogP contribution is -1.89. The third-order valence-corrected chi connectivity index (χ3v) is 3.32. The summed E-state index contributed by atoms with van der Waals surface area (Å²) < 4.78 is 0. The Bertz CT molecular complexity index is 678. The normalized spacial score (nSPS) is 10.7. The summed E-state index contributed by atoms with van der Waals surface area (Å²) in [5, 5.41) is 11.8. The fourth-order valence-corrected chi connectivity index (χ4v) is 2.29. The SMILES string of the molecule is Oc1ccc(C[CH]c2cccc3ccccc23)cc1. The van der Waals surface area contributed by atoms with Gasteiger partial charge in [0.05, 0.1) is 0 Å². The van der Waals surface area contributed by atoms with Crippen molar-refractivity contribution in [2.45, 2.75) is 6.42 Å². The minimum Gasteiger partial charge on any atom is -0.508 e. The lowest BCUT2D eigenvalue weighted by Gasteiger charge is -2.06. The first kappa shape index (κ1) is 11.8. The first-order valence-corrected chi connectivity index (χ1v) is 6.42. The van der Waals surface area contributed by atoms with E-state index in [9.17, 15) is 5.11 Å². The minimum absolute atomic E-state index is 0.314. The van der Waals surface area contributed by atoms with Gasteiger partial charge in [0.25, 0.3) is 0 Å². The van der Waals surface area contributed by atoms with Crippen molar-refractivity contribution in [2.75, 3.05) is 0 Å². The van der Waals surface area contributed by atoms with Crippen LogP contribution in [0.1, 0.15) is 11.1 Å². The van der Waals surface area contributed by atoms with E-state index in [1.54, 1.807) is 12.1 Å². The van der Waals surface area contributed by atoms with Gasteiger partial charge >= 0.3 is 0 Å². The van der Waals surface area contributed by atoms with Crippen molar-refractivity contribution in [3.63, 3.8) is 0 Å². The third-order valence-electron chi connectivity index (χ3n) is 3.32. The van der Waals surface area contributed by atoms with Crippen molar-refractivity contribution in [1.29, 1.82) is 0 Å². The Morgan fingerprint density at radius 1 is 0.789 bits per heavy atom. The van der Waals surface area contributed by atoms with Crippen molar-refractivity contribution in [1.82, 2.24) is 0 Å². The summed E-state index contributed by atoms with van der Waals surface area (Å²) in [5.41, 5.74) is 2.46. The first-order chi connectivity index (χ1) is 9.33. The maximum atomic E-state index is 9.27. The van der Waals surface area contributed by atoms with Crippen molar-refractivity contribution in [2.24, 2.45) is 0 Å². The molecule has 1 N–H and O–H groups in total. The summed E-state index contributed by atoms with van der Waals surface area (Å²) in [7, 11) is 0. The van der Waals surface area contributed by atoms with Gasteiger partial charge in [0.15, 0.2) is 0 Å². The van der Waals surface area contributed by atoms with Crippen LogP contribution in [0.5, 0.6) is 5.75 Å². The number of rotatable bonds is 3. The molecule has 0 bridgehead atoms. The highest BCUT2D eigenvalue weighted by molar-refractivity contribution is 5.86. The van der Waals surface area contributed by atoms with Crippen LogP contribution in [0.25, 0.3) is 10.8 Å². The highest BCUT2D eigenvalue weighted by Gasteiger charge is 2.01. The molecule has 3 aromatic rings. The summed E-state index contributed by atoms with van der Waals surface area (Å²) in [4.78, 5) is 0. The summed E-state index contributed by atoms with van der Waals surface area (Å²) >= 11 is 0. The Kier molecular flexibility index (Phi) is 3.20. The van der Waals surface area contributed by atoms with Gasteiger partial charge in [-0.2, -0.15) is 0 Å². The van der Waals surface area contributed by atoms with Crippen LogP contribution in [0.2, 0.25) is 0 Å². The predicted octanol–water partition coefficient (Wildman–Crippen LogP) is 4.34. The molecular formula is C18H15O. The maximum Gasteiger partial charge on any atom is 0.115 e. The van der Waals surface area contributed by atoms with E-state index in [1.807, 2.05) is 12.1 Å². The molecule has 3 aromatic carbocycles. The molecular weight excluding hydrogens is 232 g/mol. The highest BCUT2D eigenvalue weighted by Crippen LogP contribution is 2.21. The fourth-order valence-electron chi connectivity index (χ4n) is 2.29. The van der Waals surface area contributed by atoms with Crippen LogP contribution in [-0.2, 0) is 6.42 Å². The summed E-state index contributed by atoms with van der Waals surface area (Å²) in [6.07, 6.45) is 3.10. The van der Waals surface area contributed by atoms with Crippen LogP contribution in [-0.4, -0.2) is 5.11 Å². The molecule has 3 rings (SSSR count). The lowest BCUT2D eigenvalue weighted by molar-refractivity contribution is 0.475. The zero-order chi connectivity index (χ0) is 13.1. The van der Waals surface area contributed by atoms with Crippen LogP contribution >= 0.6 is 0 Å². The number of hydrogen-bond acceptors (Lipinski definition) is 1. The fraction of sp³-hybridized carbons (Fsp3) is 0.0556. The number of hydrogen-bond donors (Lipinski definition) is 1. The van der Waals surface area contributed by atoms with Crippen molar-refractivity contribution >= 4 is 10.8 Å². The molecule has 0 fully saturated rings. The molecule has 1 heteroatoms. The molecule has 0 aliphatic heterocycles. The lowest BCUT2D eigenvalue weighted by atomic mass is 9.99. The van der Waals surface area contributed by atoms with E-state index in [2.05, 4.69) is 48.9 Å². The second kappa shape index (κ2) is 5.15. The summed E-state index contributed by atoms with van der Waals surface area (Å²) in [5.74, 6) is 0.314. The van der Waals surface area contributed by atoms with E-state index in [4.69, 9.17) is 0 Å². The first-order valence-electron chi connectivity index (χ1n) is 6.42.